The van der Waals surface area contributed by atoms with Crippen molar-refractivity contribution in [3.05, 3.63) is 93.0 Å². The third-order valence-electron chi connectivity index (χ3n) is 5.13. The van der Waals surface area contributed by atoms with E-state index in [9.17, 15) is 28.1 Å². The third kappa shape index (κ3) is 6.21. The van der Waals surface area contributed by atoms with E-state index in [0.717, 1.165) is 5.56 Å². The zero-order chi connectivity index (χ0) is 25.8. The van der Waals surface area contributed by atoms with Gasteiger partial charge in [-0.15, -0.1) is 0 Å². The Labute approximate surface area is 202 Å². The molecule has 0 heterocycles. The van der Waals surface area contributed by atoms with Gasteiger partial charge in [0.2, 0.25) is 0 Å². The zero-order valence-corrected chi connectivity index (χ0v) is 20.0. The summed E-state index contributed by atoms with van der Waals surface area (Å²) in [5.74, 6) is -1.61. The number of nitro benzene ring substituents is 1. The molecule has 1 amide bonds. The van der Waals surface area contributed by atoms with Gasteiger partial charge in [-0.05, 0) is 56.7 Å². The monoisotopic (exact) mass is 497 g/mol. The van der Waals surface area contributed by atoms with Crippen molar-refractivity contribution in [3.63, 3.8) is 0 Å². The van der Waals surface area contributed by atoms with E-state index < -0.39 is 33.4 Å². The number of ether oxygens (including phenoxy) is 1. The van der Waals surface area contributed by atoms with E-state index in [1.54, 1.807) is 31.2 Å². The molecule has 0 saturated carbocycles. The molecular formula is C24H23N3O7S. The molecule has 0 unspecified atom stereocenters. The summed E-state index contributed by atoms with van der Waals surface area (Å²) in [4.78, 5) is 35.1. The predicted octanol–water partition coefficient (Wildman–Crippen LogP) is 4.12. The van der Waals surface area contributed by atoms with Crippen molar-refractivity contribution in [1.82, 2.24) is 0 Å². The average molecular weight is 498 g/mol. The molecule has 0 aliphatic heterocycles. The summed E-state index contributed by atoms with van der Waals surface area (Å²) in [6.45, 7) is 4.29. The maximum absolute atomic E-state index is 12.9. The summed E-state index contributed by atoms with van der Waals surface area (Å²) >= 11 is 0. The molecule has 0 atom stereocenters. The fraction of sp³-hybridized carbons (Fsp3) is 0.167. The van der Waals surface area contributed by atoms with Crippen molar-refractivity contribution >= 4 is 39.0 Å². The average Bonchev–Trinajstić information content (AvgIpc) is 2.80. The molecule has 0 aromatic heterocycles. The summed E-state index contributed by atoms with van der Waals surface area (Å²) in [5.41, 5.74) is 2.01. The fourth-order valence-corrected chi connectivity index (χ4v) is 4.54. The van der Waals surface area contributed by atoms with Crippen LogP contribution in [0.2, 0.25) is 0 Å². The molecule has 0 aliphatic carbocycles. The smallest absolute Gasteiger partial charge is 0.338 e. The number of nitrogens with one attached hydrogen (secondary N) is 2. The number of amides is 1. The maximum Gasteiger partial charge on any atom is 0.338 e. The number of nitro groups is 1. The summed E-state index contributed by atoms with van der Waals surface area (Å²) in [7, 11) is -3.99. The molecule has 35 heavy (non-hydrogen) atoms. The molecule has 3 rings (SSSR count). The van der Waals surface area contributed by atoms with E-state index in [0.29, 0.717) is 11.3 Å². The molecule has 0 spiro atoms. The number of aryl methyl sites for hydroxylation is 2. The van der Waals surface area contributed by atoms with Crippen molar-refractivity contribution in [2.24, 2.45) is 0 Å². The Balaban J connectivity index is 1.70. The number of carbonyl (C=O) groups is 2. The Morgan fingerprint density at radius 1 is 1.00 bits per heavy atom. The Morgan fingerprint density at radius 2 is 1.69 bits per heavy atom. The Morgan fingerprint density at radius 3 is 2.34 bits per heavy atom. The molecule has 0 radical (unpaired) electrons. The van der Waals surface area contributed by atoms with E-state index >= 15 is 0 Å². The second kappa shape index (κ2) is 10.3. The van der Waals surface area contributed by atoms with Crippen LogP contribution in [0.15, 0.2) is 65.6 Å². The summed E-state index contributed by atoms with van der Waals surface area (Å²) < 4.78 is 33.3. The molecule has 3 aromatic rings. The number of rotatable bonds is 8. The highest BCUT2D eigenvalue weighted by Crippen LogP contribution is 2.25. The first-order valence-electron chi connectivity index (χ1n) is 10.4. The van der Waals surface area contributed by atoms with Gasteiger partial charge < -0.3 is 10.1 Å². The first kappa shape index (κ1) is 25.4. The lowest BCUT2D eigenvalue weighted by Crippen LogP contribution is -2.22. The molecule has 182 valence electrons. The van der Waals surface area contributed by atoms with Gasteiger partial charge in [0.1, 0.15) is 0 Å². The van der Waals surface area contributed by atoms with Gasteiger partial charge in [0.05, 0.1) is 26.6 Å². The topological polar surface area (TPSA) is 145 Å². The fourth-order valence-electron chi connectivity index (χ4n) is 3.21. The Hall–Kier alpha value is -4.25. The van der Waals surface area contributed by atoms with Crippen LogP contribution in [0.1, 0.15) is 27.0 Å². The minimum absolute atomic E-state index is 0.0563. The minimum atomic E-state index is -3.99. The van der Waals surface area contributed by atoms with Crippen molar-refractivity contribution in [3.8, 4) is 0 Å². The van der Waals surface area contributed by atoms with Gasteiger partial charge in [-0.25, -0.2) is 13.2 Å². The molecule has 2 N–H and O–H groups in total. The highest BCUT2D eigenvalue weighted by Gasteiger charge is 2.21. The first-order valence-corrected chi connectivity index (χ1v) is 11.9. The maximum atomic E-state index is 12.9. The Bertz CT molecular complexity index is 1400. The molecule has 10 nitrogen and oxygen atoms in total. The van der Waals surface area contributed by atoms with Gasteiger partial charge in [-0.3, -0.25) is 19.6 Å². The molecule has 3 aromatic carbocycles. The van der Waals surface area contributed by atoms with Crippen molar-refractivity contribution < 1.29 is 27.7 Å². The van der Waals surface area contributed by atoms with E-state index in [1.807, 2.05) is 6.92 Å². The summed E-state index contributed by atoms with van der Waals surface area (Å²) in [6.07, 6.45) is 0. The summed E-state index contributed by atoms with van der Waals surface area (Å²) in [6, 6.07) is 15.0. The van der Waals surface area contributed by atoms with Crippen LogP contribution in [-0.4, -0.2) is 31.8 Å². The number of anilines is 2. The predicted molar refractivity (Wildman–Crippen MR) is 130 cm³/mol. The zero-order valence-electron chi connectivity index (χ0n) is 19.2. The van der Waals surface area contributed by atoms with Crippen LogP contribution < -0.4 is 10.0 Å². The van der Waals surface area contributed by atoms with Gasteiger partial charge >= 0.3 is 5.97 Å². The number of hydrogen-bond acceptors (Lipinski definition) is 7. The largest absolute Gasteiger partial charge is 0.452 e. The standard InChI is InChI=1S/C24H23N3O7S/c1-15-7-11-19(12-8-15)26-35(32,33)22-13-18(10-9-16(22)2)24(29)34-14-23(28)25-20-5-4-6-21(17(20)3)27(30)31/h4-13,26H,14H2,1-3H3,(H,25,28). The highest BCUT2D eigenvalue weighted by molar-refractivity contribution is 7.92. The SMILES string of the molecule is Cc1ccc(NS(=O)(=O)c2cc(C(=O)OCC(=O)Nc3cccc([N+](=O)[O-])c3C)ccc2C)cc1. The van der Waals surface area contributed by atoms with Crippen molar-refractivity contribution in [2.45, 2.75) is 25.7 Å². The lowest BCUT2D eigenvalue weighted by Gasteiger charge is -2.12. The second-order valence-corrected chi connectivity index (χ2v) is 9.43. The normalized spacial score (nSPS) is 10.9. The summed E-state index contributed by atoms with van der Waals surface area (Å²) in [5, 5.41) is 13.5. The highest BCUT2D eigenvalue weighted by atomic mass is 32.2. The number of carbonyl (C=O) groups excluding carboxylic acids is 2. The molecule has 0 bridgehead atoms. The number of benzene rings is 3. The van der Waals surface area contributed by atoms with Crippen LogP contribution in [0.3, 0.4) is 0 Å². The lowest BCUT2D eigenvalue weighted by molar-refractivity contribution is -0.385. The minimum Gasteiger partial charge on any atom is -0.452 e. The molecule has 0 fully saturated rings. The Kier molecular flexibility index (Phi) is 7.50. The van der Waals surface area contributed by atoms with Gasteiger partial charge in [0.25, 0.3) is 21.6 Å². The second-order valence-electron chi connectivity index (χ2n) is 7.78. The third-order valence-corrected chi connectivity index (χ3v) is 6.65. The van der Waals surface area contributed by atoms with E-state index in [1.165, 1.54) is 43.3 Å². The van der Waals surface area contributed by atoms with Crippen LogP contribution in [-0.2, 0) is 19.6 Å². The number of hydrogen-bond donors (Lipinski definition) is 2. The van der Waals surface area contributed by atoms with Crippen LogP contribution in [0, 0.1) is 30.9 Å². The number of sulfonamides is 1. The van der Waals surface area contributed by atoms with Crippen LogP contribution in [0.4, 0.5) is 17.1 Å². The van der Waals surface area contributed by atoms with E-state index in [2.05, 4.69) is 10.0 Å². The molecule has 11 heteroatoms. The number of nitrogens with zero attached hydrogens (tertiary/aromatic N) is 1. The molecule has 0 aliphatic rings. The van der Waals surface area contributed by atoms with E-state index in [4.69, 9.17) is 4.74 Å². The van der Waals surface area contributed by atoms with Gasteiger partial charge in [-0.1, -0.05) is 29.8 Å². The van der Waals surface area contributed by atoms with Crippen LogP contribution in [0.5, 0.6) is 0 Å². The van der Waals surface area contributed by atoms with Gasteiger partial charge in [-0.2, -0.15) is 0 Å². The molecular weight excluding hydrogens is 474 g/mol. The quantitative estimate of drug-likeness (QED) is 0.270. The first-order chi connectivity index (χ1) is 16.5. The van der Waals surface area contributed by atoms with Crippen molar-refractivity contribution in [2.75, 3.05) is 16.6 Å². The lowest BCUT2D eigenvalue weighted by atomic mass is 10.1. The van der Waals surface area contributed by atoms with Crippen molar-refractivity contribution in [1.29, 1.82) is 0 Å². The van der Waals surface area contributed by atoms with Gasteiger partial charge in [0, 0.05) is 11.8 Å². The van der Waals surface area contributed by atoms with Gasteiger partial charge in [0.15, 0.2) is 6.61 Å². The number of esters is 1. The van der Waals surface area contributed by atoms with Crippen LogP contribution >= 0.6 is 0 Å². The van der Waals surface area contributed by atoms with E-state index in [-0.39, 0.29) is 27.4 Å². The van der Waals surface area contributed by atoms with Crippen LogP contribution in [0.25, 0.3) is 0 Å². The molecule has 0 saturated heterocycles.